The van der Waals surface area contributed by atoms with E-state index in [0.29, 0.717) is 12.5 Å². The minimum atomic E-state index is -0.463. The van der Waals surface area contributed by atoms with Gasteiger partial charge in [-0.3, -0.25) is 4.79 Å². The summed E-state index contributed by atoms with van der Waals surface area (Å²) in [6.45, 7) is 4.75. The maximum Gasteiger partial charge on any atom is 0.257 e. The van der Waals surface area contributed by atoms with E-state index in [4.69, 9.17) is 4.74 Å². The molecule has 0 aromatic heterocycles. The second-order valence-electron chi connectivity index (χ2n) is 6.07. The molecule has 4 heteroatoms. The van der Waals surface area contributed by atoms with Crippen LogP contribution in [0.3, 0.4) is 0 Å². The van der Waals surface area contributed by atoms with E-state index in [1.54, 1.807) is 12.1 Å². The molecule has 3 nitrogen and oxygen atoms in total. The summed E-state index contributed by atoms with van der Waals surface area (Å²) < 4.78 is 18.5. The van der Waals surface area contributed by atoms with Crippen molar-refractivity contribution < 1.29 is 13.9 Å². The number of rotatable bonds is 8. The molecule has 1 N–H and O–H groups in total. The third-order valence-corrected chi connectivity index (χ3v) is 3.81. The molecule has 2 rings (SSSR count). The van der Waals surface area contributed by atoms with Crippen molar-refractivity contribution in [3.63, 3.8) is 0 Å². The summed E-state index contributed by atoms with van der Waals surface area (Å²) in [5.41, 5.74) is 2.59. The molecule has 0 unspecified atom stereocenters. The topological polar surface area (TPSA) is 38.3 Å². The molecule has 128 valence electrons. The van der Waals surface area contributed by atoms with Crippen LogP contribution in [0.2, 0.25) is 0 Å². The van der Waals surface area contributed by atoms with E-state index in [2.05, 4.69) is 43.4 Å². The Balaban J connectivity index is 1.65. The van der Waals surface area contributed by atoms with E-state index >= 15 is 0 Å². The maximum atomic E-state index is 13.4. The van der Waals surface area contributed by atoms with Crippen molar-refractivity contribution in [1.29, 1.82) is 0 Å². The van der Waals surface area contributed by atoms with E-state index in [-0.39, 0.29) is 18.3 Å². The van der Waals surface area contributed by atoms with Crippen LogP contribution in [-0.2, 0) is 11.2 Å². The summed E-state index contributed by atoms with van der Waals surface area (Å²) in [4.78, 5) is 11.7. The predicted molar refractivity (Wildman–Crippen MR) is 93.8 cm³/mol. The van der Waals surface area contributed by atoms with Crippen LogP contribution in [0.5, 0.6) is 5.75 Å². The van der Waals surface area contributed by atoms with E-state index in [9.17, 15) is 9.18 Å². The van der Waals surface area contributed by atoms with Gasteiger partial charge in [-0.25, -0.2) is 4.39 Å². The second-order valence-corrected chi connectivity index (χ2v) is 6.07. The van der Waals surface area contributed by atoms with Gasteiger partial charge in [0, 0.05) is 6.54 Å². The number of carbonyl (C=O) groups excluding carboxylic acids is 1. The van der Waals surface area contributed by atoms with Gasteiger partial charge in [-0.15, -0.1) is 0 Å². The van der Waals surface area contributed by atoms with Crippen molar-refractivity contribution in [2.45, 2.75) is 32.6 Å². The minimum absolute atomic E-state index is 0.0953. The normalized spacial score (nSPS) is 10.7. The largest absolute Gasteiger partial charge is 0.481 e. The monoisotopic (exact) mass is 329 g/mol. The number of hydrogen-bond donors (Lipinski definition) is 1. The van der Waals surface area contributed by atoms with Crippen LogP contribution in [0.25, 0.3) is 0 Å². The maximum absolute atomic E-state index is 13.4. The summed E-state index contributed by atoms with van der Waals surface area (Å²) in [5, 5.41) is 2.79. The highest BCUT2D eigenvalue weighted by atomic mass is 19.1. The van der Waals surface area contributed by atoms with Gasteiger partial charge in [0.15, 0.2) is 18.2 Å². The van der Waals surface area contributed by atoms with Gasteiger partial charge in [0.2, 0.25) is 0 Å². The molecule has 0 saturated heterocycles. The molecule has 0 aliphatic heterocycles. The number of nitrogens with one attached hydrogen (secondary N) is 1. The Morgan fingerprint density at radius 1 is 1.12 bits per heavy atom. The highest BCUT2D eigenvalue weighted by Gasteiger charge is 2.06. The van der Waals surface area contributed by atoms with E-state index in [0.717, 1.165) is 12.8 Å². The van der Waals surface area contributed by atoms with Crippen molar-refractivity contribution >= 4 is 5.91 Å². The second kappa shape index (κ2) is 9.06. The zero-order valence-corrected chi connectivity index (χ0v) is 14.2. The van der Waals surface area contributed by atoms with Crippen LogP contribution < -0.4 is 10.1 Å². The molecule has 0 atom stereocenters. The first-order valence-electron chi connectivity index (χ1n) is 8.29. The average molecular weight is 329 g/mol. The summed E-state index contributed by atoms with van der Waals surface area (Å²) in [5.74, 6) is -0.0748. The third-order valence-electron chi connectivity index (χ3n) is 3.81. The smallest absolute Gasteiger partial charge is 0.257 e. The predicted octanol–water partition coefficient (Wildman–Crippen LogP) is 4.08. The number of carbonyl (C=O) groups is 1. The molecule has 0 aliphatic rings. The fraction of sp³-hybridized carbons (Fsp3) is 0.350. The lowest BCUT2D eigenvalue weighted by atomic mass is 10.0. The number of para-hydroxylation sites is 1. The van der Waals surface area contributed by atoms with Gasteiger partial charge in [0.25, 0.3) is 5.91 Å². The van der Waals surface area contributed by atoms with Crippen LogP contribution in [0, 0.1) is 5.82 Å². The highest BCUT2D eigenvalue weighted by Crippen LogP contribution is 2.16. The molecular formula is C20H24FNO2. The van der Waals surface area contributed by atoms with Crippen molar-refractivity contribution in [3.05, 3.63) is 65.5 Å². The zero-order chi connectivity index (χ0) is 17.4. The summed E-state index contributed by atoms with van der Waals surface area (Å²) in [6, 6.07) is 14.6. The number of benzene rings is 2. The molecule has 0 saturated carbocycles. The lowest BCUT2D eigenvalue weighted by Gasteiger charge is -2.09. The third kappa shape index (κ3) is 5.69. The van der Waals surface area contributed by atoms with Gasteiger partial charge in [-0.2, -0.15) is 0 Å². The van der Waals surface area contributed by atoms with Crippen molar-refractivity contribution in [1.82, 2.24) is 5.32 Å². The van der Waals surface area contributed by atoms with Gasteiger partial charge in [0.1, 0.15) is 0 Å². The molecule has 24 heavy (non-hydrogen) atoms. The first-order valence-corrected chi connectivity index (χ1v) is 8.29. The van der Waals surface area contributed by atoms with Crippen LogP contribution >= 0.6 is 0 Å². The number of halogens is 1. The molecule has 0 heterocycles. The fourth-order valence-electron chi connectivity index (χ4n) is 2.35. The van der Waals surface area contributed by atoms with Gasteiger partial charge in [-0.05, 0) is 42.0 Å². The van der Waals surface area contributed by atoms with Crippen molar-refractivity contribution in [2.24, 2.45) is 0 Å². The number of hydrogen-bond acceptors (Lipinski definition) is 2. The first-order chi connectivity index (χ1) is 11.6. The van der Waals surface area contributed by atoms with E-state index < -0.39 is 5.82 Å². The number of amides is 1. The number of aryl methyl sites for hydroxylation is 1. The summed E-state index contributed by atoms with van der Waals surface area (Å²) >= 11 is 0. The molecule has 0 radical (unpaired) electrons. The average Bonchev–Trinajstić information content (AvgIpc) is 2.58. The fourth-order valence-corrected chi connectivity index (χ4v) is 2.35. The Bertz CT molecular complexity index is 653. The molecular weight excluding hydrogens is 305 g/mol. The standard InChI is InChI=1S/C20H24FNO2/c1-15(2)17-11-9-16(10-12-17)6-5-13-22-20(23)14-24-19-8-4-3-7-18(19)21/h3-4,7-12,15H,5-6,13-14H2,1-2H3,(H,22,23). The summed E-state index contributed by atoms with van der Waals surface area (Å²) in [6.07, 6.45) is 1.76. The zero-order valence-electron chi connectivity index (χ0n) is 14.2. The lowest BCUT2D eigenvalue weighted by molar-refractivity contribution is -0.123. The van der Waals surface area contributed by atoms with E-state index in [1.165, 1.54) is 23.3 Å². The Hall–Kier alpha value is -2.36. The summed E-state index contributed by atoms with van der Waals surface area (Å²) in [7, 11) is 0. The molecule has 1 amide bonds. The van der Waals surface area contributed by atoms with Gasteiger partial charge in [-0.1, -0.05) is 50.2 Å². The quantitative estimate of drug-likeness (QED) is 0.741. The van der Waals surface area contributed by atoms with Gasteiger partial charge < -0.3 is 10.1 Å². The molecule has 2 aromatic carbocycles. The van der Waals surface area contributed by atoms with E-state index in [1.807, 2.05) is 0 Å². The Labute approximate surface area is 142 Å². The SMILES string of the molecule is CC(C)c1ccc(CCCNC(=O)COc2ccccc2F)cc1. The Morgan fingerprint density at radius 2 is 1.83 bits per heavy atom. The number of ether oxygens (including phenoxy) is 1. The molecule has 0 aliphatic carbocycles. The van der Waals surface area contributed by atoms with Crippen LogP contribution in [0.15, 0.2) is 48.5 Å². The molecule has 2 aromatic rings. The van der Waals surface area contributed by atoms with Crippen LogP contribution in [-0.4, -0.2) is 19.1 Å². The molecule has 0 bridgehead atoms. The Kier molecular flexibility index (Phi) is 6.79. The van der Waals surface area contributed by atoms with Crippen LogP contribution in [0.1, 0.15) is 37.3 Å². The van der Waals surface area contributed by atoms with Crippen molar-refractivity contribution in [3.8, 4) is 5.75 Å². The lowest BCUT2D eigenvalue weighted by Crippen LogP contribution is -2.30. The highest BCUT2D eigenvalue weighted by molar-refractivity contribution is 5.77. The molecule has 0 fully saturated rings. The minimum Gasteiger partial charge on any atom is -0.481 e. The Morgan fingerprint density at radius 3 is 2.50 bits per heavy atom. The van der Waals surface area contributed by atoms with Crippen LogP contribution in [0.4, 0.5) is 4.39 Å². The first kappa shape index (κ1) is 18.0. The van der Waals surface area contributed by atoms with Gasteiger partial charge >= 0.3 is 0 Å². The van der Waals surface area contributed by atoms with Gasteiger partial charge in [0.05, 0.1) is 0 Å². The van der Waals surface area contributed by atoms with Crippen molar-refractivity contribution in [2.75, 3.05) is 13.2 Å². The molecule has 0 spiro atoms.